The average molecular weight is 250 g/mol. The lowest BCUT2D eigenvalue weighted by Gasteiger charge is -2.46. The standard InChI is InChI=1S/C17H30O/c1-16(2,3)14-6-8-17(18,9-7-14)15-11-12-4-5-13(15)10-12/h12-15,18H,4-11H2,1-3H3. The maximum absolute atomic E-state index is 11.1. The molecule has 0 radical (unpaired) electrons. The molecule has 3 saturated carbocycles. The molecule has 3 fully saturated rings. The van der Waals surface area contributed by atoms with E-state index in [4.69, 9.17) is 0 Å². The van der Waals surface area contributed by atoms with Crippen LogP contribution in [-0.2, 0) is 0 Å². The first-order valence-electron chi connectivity index (χ1n) is 8.11. The van der Waals surface area contributed by atoms with Gasteiger partial charge in [-0.15, -0.1) is 0 Å². The molecular weight excluding hydrogens is 220 g/mol. The second-order valence-corrected chi connectivity index (χ2v) is 8.53. The van der Waals surface area contributed by atoms with E-state index in [1.807, 2.05) is 0 Å². The summed E-state index contributed by atoms with van der Waals surface area (Å²) in [6.45, 7) is 7.08. The Labute approximate surface area is 112 Å². The average Bonchev–Trinajstić information content (AvgIpc) is 2.90. The van der Waals surface area contributed by atoms with Crippen LogP contribution >= 0.6 is 0 Å². The highest BCUT2D eigenvalue weighted by molar-refractivity contribution is 5.02. The molecule has 104 valence electrons. The SMILES string of the molecule is CC(C)(C)C1CCC(O)(C2CC3CCC2C3)CC1. The van der Waals surface area contributed by atoms with Crippen LogP contribution in [0, 0.1) is 29.1 Å². The van der Waals surface area contributed by atoms with E-state index in [0.29, 0.717) is 11.3 Å². The van der Waals surface area contributed by atoms with Gasteiger partial charge in [0.05, 0.1) is 5.60 Å². The summed E-state index contributed by atoms with van der Waals surface area (Å²) in [4.78, 5) is 0. The van der Waals surface area contributed by atoms with Crippen molar-refractivity contribution in [2.24, 2.45) is 29.1 Å². The van der Waals surface area contributed by atoms with Crippen LogP contribution in [0.1, 0.15) is 72.1 Å². The number of rotatable bonds is 1. The maximum Gasteiger partial charge on any atom is 0.0678 e. The Balaban J connectivity index is 1.64. The van der Waals surface area contributed by atoms with Crippen LogP contribution in [0.15, 0.2) is 0 Å². The van der Waals surface area contributed by atoms with Gasteiger partial charge < -0.3 is 5.11 Å². The summed E-state index contributed by atoms with van der Waals surface area (Å²) >= 11 is 0. The summed E-state index contributed by atoms with van der Waals surface area (Å²) in [6.07, 6.45) is 10.2. The highest BCUT2D eigenvalue weighted by Crippen LogP contribution is 2.56. The highest BCUT2D eigenvalue weighted by atomic mass is 16.3. The molecule has 3 atom stereocenters. The summed E-state index contributed by atoms with van der Waals surface area (Å²) in [5, 5.41) is 11.1. The third kappa shape index (κ3) is 2.13. The molecule has 0 spiro atoms. The first kappa shape index (κ1) is 13.0. The Kier molecular flexibility index (Phi) is 3.05. The Hall–Kier alpha value is -0.0400. The van der Waals surface area contributed by atoms with Gasteiger partial charge in [-0.1, -0.05) is 27.2 Å². The number of aliphatic hydroxyl groups is 1. The highest BCUT2D eigenvalue weighted by Gasteiger charge is 2.51. The van der Waals surface area contributed by atoms with Crippen molar-refractivity contribution in [3.05, 3.63) is 0 Å². The summed E-state index contributed by atoms with van der Waals surface area (Å²) in [7, 11) is 0. The van der Waals surface area contributed by atoms with Crippen LogP contribution in [0.3, 0.4) is 0 Å². The zero-order valence-corrected chi connectivity index (χ0v) is 12.4. The monoisotopic (exact) mass is 250 g/mol. The lowest BCUT2D eigenvalue weighted by atomic mass is 9.63. The van der Waals surface area contributed by atoms with E-state index in [2.05, 4.69) is 20.8 Å². The van der Waals surface area contributed by atoms with Crippen molar-refractivity contribution in [2.75, 3.05) is 0 Å². The lowest BCUT2D eigenvalue weighted by molar-refractivity contribution is -0.0857. The number of hydrogen-bond acceptors (Lipinski definition) is 1. The fraction of sp³-hybridized carbons (Fsp3) is 1.00. The molecule has 3 rings (SSSR count). The van der Waals surface area contributed by atoms with Crippen molar-refractivity contribution < 1.29 is 5.11 Å². The summed E-state index contributed by atoms with van der Waals surface area (Å²) in [5.74, 6) is 3.30. The maximum atomic E-state index is 11.1. The quantitative estimate of drug-likeness (QED) is 0.732. The molecule has 0 aliphatic heterocycles. The molecule has 0 heterocycles. The fourth-order valence-corrected chi connectivity index (χ4v) is 5.26. The zero-order chi connectivity index (χ0) is 13.0. The van der Waals surface area contributed by atoms with Crippen LogP contribution < -0.4 is 0 Å². The lowest BCUT2D eigenvalue weighted by Crippen LogP contribution is -2.45. The molecule has 3 aliphatic rings. The van der Waals surface area contributed by atoms with E-state index < -0.39 is 0 Å². The van der Waals surface area contributed by atoms with Crippen LogP contribution in [-0.4, -0.2) is 10.7 Å². The topological polar surface area (TPSA) is 20.2 Å². The molecule has 3 unspecified atom stereocenters. The first-order chi connectivity index (χ1) is 8.38. The van der Waals surface area contributed by atoms with Crippen molar-refractivity contribution in [2.45, 2.75) is 77.7 Å². The van der Waals surface area contributed by atoms with E-state index in [1.165, 1.54) is 38.5 Å². The molecule has 2 bridgehead atoms. The van der Waals surface area contributed by atoms with Crippen molar-refractivity contribution in [3.63, 3.8) is 0 Å². The van der Waals surface area contributed by atoms with E-state index in [0.717, 1.165) is 30.6 Å². The summed E-state index contributed by atoms with van der Waals surface area (Å²) in [6, 6.07) is 0. The predicted molar refractivity (Wildman–Crippen MR) is 75.3 cm³/mol. The van der Waals surface area contributed by atoms with E-state index in [1.54, 1.807) is 0 Å². The van der Waals surface area contributed by atoms with Crippen LogP contribution in [0.25, 0.3) is 0 Å². The fourth-order valence-electron chi connectivity index (χ4n) is 5.26. The molecule has 0 aromatic heterocycles. The van der Waals surface area contributed by atoms with E-state index in [9.17, 15) is 5.11 Å². The van der Waals surface area contributed by atoms with Crippen molar-refractivity contribution >= 4 is 0 Å². The molecule has 1 nitrogen and oxygen atoms in total. The predicted octanol–water partition coefficient (Wildman–Crippen LogP) is 4.39. The number of fused-ring (bicyclic) bond motifs is 2. The molecule has 0 aromatic carbocycles. The van der Waals surface area contributed by atoms with E-state index in [-0.39, 0.29) is 5.60 Å². The molecule has 3 aliphatic carbocycles. The Morgan fingerprint density at radius 2 is 1.61 bits per heavy atom. The van der Waals surface area contributed by atoms with Gasteiger partial charge in [0.25, 0.3) is 0 Å². The van der Waals surface area contributed by atoms with Crippen LogP contribution in [0.2, 0.25) is 0 Å². The van der Waals surface area contributed by atoms with Gasteiger partial charge in [-0.2, -0.15) is 0 Å². The normalized spacial score (nSPS) is 48.7. The summed E-state index contributed by atoms with van der Waals surface area (Å²) < 4.78 is 0. The molecule has 1 heteroatoms. The van der Waals surface area contributed by atoms with Gasteiger partial charge in [-0.3, -0.25) is 0 Å². The minimum absolute atomic E-state index is 0.290. The minimum atomic E-state index is -0.290. The third-order valence-corrected chi connectivity index (χ3v) is 6.50. The molecule has 0 aromatic rings. The largest absolute Gasteiger partial charge is 0.390 e. The molecular formula is C17H30O. The van der Waals surface area contributed by atoms with Gasteiger partial charge in [-0.05, 0) is 74.0 Å². The first-order valence-corrected chi connectivity index (χ1v) is 8.11. The van der Waals surface area contributed by atoms with Gasteiger partial charge in [-0.25, -0.2) is 0 Å². The van der Waals surface area contributed by atoms with Crippen LogP contribution in [0.4, 0.5) is 0 Å². The van der Waals surface area contributed by atoms with Crippen molar-refractivity contribution in [3.8, 4) is 0 Å². The Morgan fingerprint density at radius 3 is 2.06 bits per heavy atom. The summed E-state index contributed by atoms with van der Waals surface area (Å²) in [5.41, 5.74) is 0.137. The third-order valence-electron chi connectivity index (χ3n) is 6.50. The molecule has 18 heavy (non-hydrogen) atoms. The van der Waals surface area contributed by atoms with Gasteiger partial charge in [0.2, 0.25) is 0 Å². The smallest absolute Gasteiger partial charge is 0.0678 e. The van der Waals surface area contributed by atoms with Gasteiger partial charge in [0.15, 0.2) is 0 Å². The molecule has 0 amide bonds. The van der Waals surface area contributed by atoms with Gasteiger partial charge in [0, 0.05) is 0 Å². The van der Waals surface area contributed by atoms with Crippen LogP contribution in [0.5, 0.6) is 0 Å². The Morgan fingerprint density at radius 1 is 0.944 bits per heavy atom. The molecule has 1 N–H and O–H groups in total. The second kappa shape index (κ2) is 4.23. The van der Waals surface area contributed by atoms with Crippen molar-refractivity contribution in [1.82, 2.24) is 0 Å². The second-order valence-electron chi connectivity index (χ2n) is 8.53. The van der Waals surface area contributed by atoms with Gasteiger partial charge >= 0.3 is 0 Å². The van der Waals surface area contributed by atoms with Crippen molar-refractivity contribution in [1.29, 1.82) is 0 Å². The number of hydrogen-bond donors (Lipinski definition) is 1. The minimum Gasteiger partial charge on any atom is -0.390 e. The van der Waals surface area contributed by atoms with E-state index >= 15 is 0 Å². The van der Waals surface area contributed by atoms with Gasteiger partial charge in [0.1, 0.15) is 0 Å². The molecule has 0 saturated heterocycles. The Bertz CT molecular complexity index is 306. The zero-order valence-electron chi connectivity index (χ0n) is 12.4.